The van der Waals surface area contributed by atoms with E-state index in [-0.39, 0.29) is 20.1 Å². The van der Waals surface area contributed by atoms with Crippen LogP contribution in [0.1, 0.15) is 81.2 Å². The molecule has 0 atom stereocenters. The van der Waals surface area contributed by atoms with Gasteiger partial charge in [0, 0.05) is 30.5 Å². The number of benzene rings is 6. The van der Waals surface area contributed by atoms with E-state index in [2.05, 4.69) is 199 Å². The van der Waals surface area contributed by atoms with Gasteiger partial charge in [-0.05, 0) is 93.4 Å². The molecule has 6 heteroatoms. The maximum Gasteiger partial charge on any atom is 0.0774 e. The standard InChI is InChI=1S/C39H35N2S.C18H24GeN.Ir/c1-23(2)30-21-29(27-12-8-7-9-13-27)22-31(24(3)4)37(30)41-34-15-11-10-14-33(34)40-39(41)28-18-19-35-32(20-28)36-25(5)16-17-26(6)38(36)42-35;1-14(2)11-16-12-18(15-9-7-6-8-10-15)20-13-17(16)19(3,4)5;/h7-17,19-24H,1-6H3;6-9,12-14H,11H2,1-5H3;/q2*-1;. The van der Waals surface area contributed by atoms with Crippen molar-refractivity contribution in [3.63, 3.8) is 0 Å². The van der Waals surface area contributed by atoms with E-state index in [0.717, 1.165) is 40.1 Å². The Kier molecular flexibility index (Phi) is 14.1. The minimum Gasteiger partial charge on any atom is -0.333 e. The number of aryl methyl sites for hydroxylation is 2. The Labute approximate surface area is 395 Å². The van der Waals surface area contributed by atoms with Crippen LogP contribution in [-0.2, 0) is 26.5 Å². The molecule has 0 aliphatic carbocycles. The first kappa shape index (κ1) is 46.3. The van der Waals surface area contributed by atoms with Crippen LogP contribution < -0.4 is 4.40 Å². The molecule has 63 heavy (non-hydrogen) atoms. The van der Waals surface area contributed by atoms with Crippen molar-refractivity contribution >= 4 is 60.2 Å². The van der Waals surface area contributed by atoms with Gasteiger partial charge < -0.3 is 4.57 Å². The van der Waals surface area contributed by atoms with Crippen LogP contribution in [0.5, 0.6) is 0 Å². The fourth-order valence-corrected chi connectivity index (χ4v) is 13.3. The van der Waals surface area contributed by atoms with E-state index >= 15 is 0 Å². The summed E-state index contributed by atoms with van der Waals surface area (Å²) in [5, 5.41) is 2.64. The maximum absolute atomic E-state index is 5.29. The van der Waals surface area contributed by atoms with Crippen LogP contribution in [0.4, 0.5) is 0 Å². The third kappa shape index (κ3) is 9.59. The fourth-order valence-electron chi connectivity index (χ4n) is 8.78. The van der Waals surface area contributed by atoms with Gasteiger partial charge in [0.15, 0.2) is 0 Å². The summed E-state index contributed by atoms with van der Waals surface area (Å²) in [5.74, 6) is 9.59. The second-order valence-electron chi connectivity index (χ2n) is 18.9. The number of para-hydroxylation sites is 2. The summed E-state index contributed by atoms with van der Waals surface area (Å²) in [6.45, 7) is 18.2. The molecule has 0 amide bonds. The first-order chi connectivity index (χ1) is 29.7. The predicted molar refractivity (Wildman–Crippen MR) is 271 cm³/mol. The SMILES string of the molecule is CC(C)Cc1cc(-c2[c-]cccc2)nc[c]1[Ge]([CH3])([CH3])[CH3].Cc1ccc(C)c2c1sc1c[c-]c(-c3nc4ccccc4n3-c3c(C(C)C)cc(-c4ccccc4)cc3C(C)C)cc12.[Ir]. The zero-order valence-corrected chi connectivity index (χ0v) is 44.0. The number of pyridine rings is 1. The van der Waals surface area contributed by atoms with Gasteiger partial charge in [-0.25, -0.2) is 0 Å². The Morgan fingerprint density at radius 1 is 0.698 bits per heavy atom. The number of aromatic nitrogens is 3. The van der Waals surface area contributed by atoms with Gasteiger partial charge in [0.05, 0.1) is 16.9 Å². The smallest absolute Gasteiger partial charge is 0.0774 e. The zero-order valence-electron chi connectivity index (χ0n) is 38.6. The second kappa shape index (κ2) is 19.2. The molecule has 0 spiro atoms. The Balaban J connectivity index is 0.000000239. The number of rotatable bonds is 9. The maximum atomic E-state index is 5.29. The van der Waals surface area contributed by atoms with E-state index in [1.165, 1.54) is 64.8 Å². The molecule has 0 unspecified atom stereocenters. The molecular weight excluding hydrogens is 1020 g/mol. The van der Waals surface area contributed by atoms with Crippen LogP contribution in [-0.4, -0.2) is 27.8 Å². The fraction of sp³-hybridized carbons (Fsp3) is 0.263. The van der Waals surface area contributed by atoms with Crippen LogP contribution in [0.3, 0.4) is 0 Å². The topological polar surface area (TPSA) is 30.7 Å². The van der Waals surface area contributed by atoms with Gasteiger partial charge in [-0.3, -0.25) is 4.98 Å². The predicted octanol–water partition coefficient (Wildman–Crippen LogP) is 15.7. The summed E-state index contributed by atoms with van der Waals surface area (Å²) < 4.78 is 6.59. The second-order valence-corrected chi connectivity index (χ2v) is 30.5. The van der Waals surface area contributed by atoms with E-state index < -0.39 is 13.3 Å². The molecule has 0 saturated carbocycles. The number of thiophene rings is 1. The van der Waals surface area contributed by atoms with Crippen LogP contribution >= 0.6 is 11.3 Å². The molecular formula is C57H59GeIrN3S-2. The van der Waals surface area contributed by atoms with Crippen molar-refractivity contribution in [2.75, 3.05) is 0 Å². The average Bonchev–Trinajstić information content (AvgIpc) is 3.84. The van der Waals surface area contributed by atoms with Crippen LogP contribution in [0.25, 0.3) is 70.7 Å². The minimum atomic E-state index is -1.86. The quantitative estimate of drug-likeness (QED) is 0.107. The summed E-state index contributed by atoms with van der Waals surface area (Å²) in [6, 6.07) is 50.4. The van der Waals surface area contributed by atoms with Crippen molar-refractivity contribution in [2.45, 2.75) is 90.9 Å². The Hall–Kier alpha value is -4.65. The van der Waals surface area contributed by atoms with Gasteiger partial charge in [0.1, 0.15) is 0 Å². The van der Waals surface area contributed by atoms with Crippen LogP contribution in [0.2, 0.25) is 17.3 Å². The van der Waals surface area contributed by atoms with Crippen molar-refractivity contribution in [2.24, 2.45) is 5.92 Å². The van der Waals surface area contributed by atoms with Crippen LogP contribution in [0.15, 0.2) is 128 Å². The van der Waals surface area contributed by atoms with E-state index in [1.54, 1.807) is 4.40 Å². The Morgan fingerprint density at radius 2 is 1.37 bits per heavy atom. The number of hydrogen-bond donors (Lipinski definition) is 0. The van der Waals surface area contributed by atoms with E-state index in [1.807, 2.05) is 29.5 Å². The third-order valence-corrected chi connectivity index (χ3v) is 17.5. The average molecular weight is 1080 g/mol. The van der Waals surface area contributed by atoms with Crippen molar-refractivity contribution in [1.82, 2.24) is 14.5 Å². The van der Waals surface area contributed by atoms with Crippen LogP contribution in [0, 0.1) is 31.9 Å². The molecule has 9 aromatic rings. The molecule has 3 heterocycles. The van der Waals surface area contributed by atoms with Gasteiger partial charge in [-0.2, -0.15) is 11.3 Å². The molecule has 9 rings (SSSR count). The monoisotopic (exact) mass is 1080 g/mol. The molecule has 0 N–H and O–H groups in total. The molecule has 3 aromatic heterocycles. The Morgan fingerprint density at radius 3 is 2.02 bits per heavy atom. The van der Waals surface area contributed by atoms with Crippen molar-refractivity contribution in [1.29, 1.82) is 0 Å². The van der Waals surface area contributed by atoms with E-state index in [4.69, 9.17) is 9.97 Å². The molecule has 0 bridgehead atoms. The first-order valence-corrected chi connectivity index (χ1v) is 30.4. The molecule has 0 saturated heterocycles. The third-order valence-electron chi connectivity index (χ3n) is 11.9. The molecule has 6 aromatic carbocycles. The van der Waals surface area contributed by atoms with Gasteiger partial charge in [-0.15, -0.1) is 23.8 Å². The van der Waals surface area contributed by atoms with Gasteiger partial charge in [0.25, 0.3) is 0 Å². The van der Waals surface area contributed by atoms with E-state index in [0.29, 0.717) is 17.8 Å². The molecule has 0 aliphatic heterocycles. The minimum absolute atomic E-state index is 0. The largest absolute Gasteiger partial charge is 0.333 e. The zero-order chi connectivity index (χ0) is 43.9. The summed E-state index contributed by atoms with van der Waals surface area (Å²) in [6.07, 6.45) is 3.27. The molecule has 323 valence electrons. The summed E-state index contributed by atoms with van der Waals surface area (Å²) in [4.78, 5) is 9.99. The molecule has 0 fully saturated rings. The van der Waals surface area contributed by atoms with Gasteiger partial charge in [-0.1, -0.05) is 87.7 Å². The number of nitrogens with zero attached hydrogens (tertiary/aromatic N) is 3. The first-order valence-electron chi connectivity index (χ1n) is 22.2. The molecule has 3 nitrogen and oxygen atoms in total. The normalized spacial score (nSPS) is 11.8. The summed E-state index contributed by atoms with van der Waals surface area (Å²) in [7, 11) is 0. The molecule has 1 radical (unpaired) electrons. The van der Waals surface area contributed by atoms with E-state index in [9.17, 15) is 0 Å². The number of hydrogen-bond acceptors (Lipinski definition) is 3. The van der Waals surface area contributed by atoms with Crippen molar-refractivity contribution < 1.29 is 20.1 Å². The summed E-state index contributed by atoms with van der Waals surface area (Å²) in [5.41, 5.74) is 15.8. The van der Waals surface area contributed by atoms with Gasteiger partial charge >= 0.3 is 126 Å². The van der Waals surface area contributed by atoms with Crippen molar-refractivity contribution in [3.05, 3.63) is 167 Å². The number of imidazole rings is 1. The van der Waals surface area contributed by atoms with Gasteiger partial charge in [0.2, 0.25) is 0 Å². The number of fused-ring (bicyclic) bond motifs is 4. The molecule has 0 aliphatic rings. The van der Waals surface area contributed by atoms with Crippen molar-refractivity contribution in [3.8, 4) is 39.5 Å². The Bertz CT molecular complexity index is 3000. The summed E-state index contributed by atoms with van der Waals surface area (Å²) >= 11 is 0.00769.